The van der Waals surface area contributed by atoms with Crippen LogP contribution in [-0.2, 0) is 9.59 Å². The summed E-state index contributed by atoms with van der Waals surface area (Å²) in [5, 5.41) is 20.6. The third-order valence-electron chi connectivity index (χ3n) is 12.8. The number of imide groups is 1. The zero-order valence-corrected chi connectivity index (χ0v) is 34.5. The average molecular weight is 821 g/mol. The largest absolute Gasteiger partial charge is 0.489 e. The number of ether oxygens (including phenoxy) is 1. The molecule has 0 radical (unpaired) electrons. The molecule has 2 N–H and O–H groups in total. The molecule has 15 nitrogen and oxygen atoms in total. The van der Waals surface area contributed by atoms with Crippen LogP contribution in [0.2, 0.25) is 5.02 Å². The molecule has 1 saturated carbocycles. The maximum atomic E-state index is 13.4. The van der Waals surface area contributed by atoms with Gasteiger partial charge < -0.3 is 19.9 Å². The maximum Gasteiger partial charge on any atom is 0.275 e. The van der Waals surface area contributed by atoms with Crippen LogP contribution >= 0.6 is 11.6 Å². The summed E-state index contributed by atoms with van der Waals surface area (Å²) in [6.07, 6.45) is 7.22. The molecular formula is C43H49ClN10O5. The van der Waals surface area contributed by atoms with E-state index < -0.39 is 11.9 Å². The molecule has 3 saturated heterocycles. The van der Waals surface area contributed by atoms with Crippen LogP contribution in [0, 0.1) is 28.1 Å². The Bertz CT molecular complexity index is 2370. The minimum absolute atomic E-state index is 0.171. The van der Waals surface area contributed by atoms with Crippen molar-refractivity contribution < 1.29 is 19.1 Å². The normalized spacial score (nSPS) is 24.0. The highest BCUT2D eigenvalue weighted by Gasteiger charge is 2.64. The first kappa shape index (κ1) is 40.2. The van der Waals surface area contributed by atoms with Crippen molar-refractivity contribution in [3.63, 3.8) is 0 Å². The lowest BCUT2D eigenvalue weighted by molar-refractivity contribution is -0.164. The number of nitrogens with one attached hydrogen (secondary N) is 2. The Morgan fingerprint density at radius 1 is 0.966 bits per heavy atom. The summed E-state index contributed by atoms with van der Waals surface area (Å²) in [7, 11) is 0. The number of fused-ring (bicyclic) bond motifs is 1. The summed E-state index contributed by atoms with van der Waals surface area (Å²) in [5.41, 5.74) is 0.735. The first-order valence-electron chi connectivity index (χ1n) is 20.3. The molecule has 1 aliphatic carbocycles. The first-order chi connectivity index (χ1) is 28.2. The molecule has 0 bridgehead atoms. The number of nitrogens with zero attached hydrogens (tertiary/aromatic N) is 8. The molecular weight excluding hydrogens is 772 g/mol. The highest BCUT2D eigenvalue weighted by atomic mass is 35.5. The van der Waals surface area contributed by atoms with Crippen molar-refractivity contribution in [3.8, 4) is 11.8 Å². The van der Waals surface area contributed by atoms with Gasteiger partial charge in [-0.25, -0.2) is 14.6 Å². The molecule has 16 heteroatoms. The van der Waals surface area contributed by atoms with Crippen molar-refractivity contribution in [1.82, 2.24) is 35.3 Å². The van der Waals surface area contributed by atoms with E-state index in [9.17, 15) is 24.4 Å². The number of benzene rings is 2. The zero-order valence-electron chi connectivity index (χ0n) is 33.8. The van der Waals surface area contributed by atoms with Gasteiger partial charge in [0.25, 0.3) is 17.4 Å². The Balaban J connectivity index is 0.790. The van der Waals surface area contributed by atoms with E-state index in [-0.39, 0.29) is 53.2 Å². The quantitative estimate of drug-likeness (QED) is 0.217. The van der Waals surface area contributed by atoms with Crippen molar-refractivity contribution in [2.45, 2.75) is 71.6 Å². The van der Waals surface area contributed by atoms with E-state index in [1.54, 1.807) is 36.8 Å². The third-order valence-corrected chi connectivity index (χ3v) is 13.1. The van der Waals surface area contributed by atoms with Gasteiger partial charge in [0.15, 0.2) is 0 Å². The number of carbonyl (C=O) groups is 3. The topological polar surface area (TPSA) is 179 Å². The molecule has 1 unspecified atom stereocenters. The summed E-state index contributed by atoms with van der Waals surface area (Å²) in [4.78, 5) is 66.8. The van der Waals surface area contributed by atoms with Crippen LogP contribution in [0.1, 0.15) is 75.3 Å². The van der Waals surface area contributed by atoms with Gasteiger partial charge in [0.05, 0.1) is 27.7 Å². The number of piperazine rings is 1. The van der Waals surface area contributed by atoms with Gasteiger partial charge in [0.1, 0.15) is 24.0 Å². The number of rotatable bonds is 10. The van der Waals surface area contributed by atoms with Gasteiger partial charge in [-0.05, 0) is 62.1 Å². The van der Waals surface area contributed by atoms with E-state index in [1.807, 2.05) is 18.2 Å². The summed E-state index contributed by atoms with van der Waals surface area (Å²) in [6.45, 7) is 14.7. The highest BCUT2D eigenvalue weighted by Crippen LogP contribution is 2.55. The highest BCUT2D eigenvalue weighted by molar-refractivity contribution is 6.31. The van der Waals surface area contributed by atoms with Gasteiger partial charge in [-0.15, -0.1) is 0 Å². The summed E-state index contributed by atoms with van der Waals surface area (Å²) in [5.74, 6) is 0.694. The number of aromatic nitrogens is 4. The number of carbonyl (C=O) groups excluding carboxylic acids is 3. The van der Waals surface area contributed by atoms with Crippen LogP contribution in [0.3, 0.4) is 0 Å². The molecule has 59 heavy (non-hydrogen) atoms. The van der Waals surface area contributed by atoms with Crippen LogP contribution in [0.5, 0.6) is 5.75 Å². The minimum Gasteiger partial charge on any atom is -0.489 e. The Morgan fingerprint density at radius 3 is 2.41 bits per heavy atom. The monoisotopic (exact) mass is 820 g/mol. The number of anilines is 2. The number of hydrogen-bond acceptors (Lipinski definition) is 12. The molecule has 8 rings (SSSR count). The van der Waals surface area contributed by atoms with Crippen LogP contribution in [0.15, 0.2) is 59.8 Å². The number of halogens is 1. The Kier molecular flexibility index (Phi) is 10.8. The predicted octanol–water partition coefficient (Wildman–Crippen LogP) is 4.34. The summed E-state index contributed by atoms with van der Waals surface area (Å²) in [6, 6.07) is 11.9. The number of piperidine rings is 1. The standard InChI is InChI=1S/C43H49ClN10O5/c1-42(2)39(43(3,4)40(42)59-31-7-5-27(21-45)33(44)20-31)50-36(56)29-22-46-41(47-23-29)53-14-12-26(25-53)11-13-51-15-17-52(18-16-51)30-6-8-32-28(19-30)24-48-54(38(32)58)34-9-10-35(55)49-37(34)57/h5-8,19-20,22-24,26,34,39-40H,9-18,25H2,1-4H3,(H,50,56)(H,49,55,57)/t26?,34-,39?,40?/m0/s1. The second kappa shape index (κ2) is 15.9. The smallest absolute Gasteiger partial charge is 0.275 e. The average Bonchev–Trinajstić information content (AvgIpc) is 3.71. The summed E-state index contributed by atoms with van der Waals surface area (Å²) < 4.78 is 7.56. The second-order valence-corrected chi connectivity index (χ2v) is 17.8. The first-order valence-corrected chi connectivity index (χ1v) is 20.7. The molecule has 308 valence electrons. The van der Waals surface area contributed by atoms with Gasteiger partial charge >= 0.3 is 0 Å². The van der Waals surface area contributed by atoms with E-state index in [0.717, 1.165) is 69.7 Å². The van der Waals surface area contributed by atoms with E-state index >= 15 is 0 Å². The SMILES string of the molecule is CC1(C)C(NC(=O)c2cnc(N3CCC(CCN4CCN(c5ccc6c(=O)n([C@H]7CCC(=O)NC7=O)ncc6c5)CC4)C3)nc2)C(C)(C)C1Oc1ccc(C#N)c(Cl)c1. The van der Waals surface area contributed by atoms with Gasteiger partial charge in [-0.3, -0.25) is 29.4 Å². The van der Waals surface area contributed by atoms with Gasteiger partial charge in [0.2, 0.25) is 11.9 Å². The molecule has 5 heterocycles. The fourth-order valence-corrected chi connectivity index (χ4v) is 9.96. The fourth-order valence-electron chi connectivity index (χ4n) is 9.74. The van der Waals surface area contributed by atoms with Crippen molar-refractivity contribution >= 4 is 51.7 Å². The third kappa shape index (κ3) is 7.83. The lowest BCUT2D eigenvalue weighted by Gasteiger charge is -2.63. The molecule has 2 aromatic heterocycles. The molecule has 2 aromatic carbocycles. The molecule has 0 spiro atoms. The number of nitriles is 1. The second-order valence-electron chi connectivity index (χ2n) is 17.4. The lowest BCUT2D eigenvalue weighted by Crippen LogP contribution is -2.74. The van der Waals surface area contributed by atoms with Crippen LogP contribution in [0.25, 0.3) is 10.8 Å². The minimum atomic E-state index is -0.787. The van der Waals surface area contributed by atoms with Crippen LogP contribution < -0.4 is 30.7 Å². The van der Waals surface area contributed by atoms with Gasteiger partial charge in [-0.2, -0.15) is 10.4 Å². The van der Waals surface area contributed by atoms with E-state index in [0.29, 0.717) is 39.2 Å². The Morgan fingerprint density at radius 2 is 1.71 bits per heavy atom. The van der Waals surface area contributed by atoms with E-state index in [4.69, 9.17) is 16.3 Å². The molecule has 3 aliphatic heterocycles. The Hall–Kier alpha value is -5.59. The van der Waals surface area contributed by atoms with Crippen molar-refractivity contribution in [1.29, 1.82) is 5.26 Å². The molecule has 4 aromatic rings. The molecule has 4 aliphatic rings. The maximum absolute atomic E-state index is 13.4. The number of hydrogen-bond donors (Lipinski definition) is 2. The Labute approximate surface area is 347 Å². The van der Waals surface area contributed by atoms with Crippen molar-refractivity contribution in [2.75, 3.05) is 55.6 Å². The van der Waals surface area contributed by atoms with Crippen LogP contribution in [0.4, 0.5) is 11.6 Å². The molecule has 2 atom stereocenters. The lowest BCUT2D eigenvalue weighted by atomic mass is 9.49. The van der Waals surface area contributed by atoms with Gasteiger partial charge in [-0.1, -0.05) is 39.3 Å². The number of amides is 3. The molecule has 3 amide bonds. The zero-order chi connectivity index (χ0) is 41.6. The molecule has 4 fully saturated rings. The van der Waals surface area contributed by atoms with Gasteiger partial charge in [0, 0.05) is 92.1 Å². The fraction of sp³-hybridized carbons (Fsp3) is 0.488. The van der Waals surface area contributed by atoms with E-state index in [2.05, 4.69) is 74.2 Å². The predicted molar refractivity (Wildman–Crippen MR) is 222 cm³/mol. The van der Waals surface area contributed by atoms with Crippen LogP contribution in [-0.4, -0.2) is 100 Å². The van der Waals surface area contributed by atoms with Crippen molar-refractivity contribution in [3.05, 3.63) is 81.5 Å². The van der Waals surface area contributed by atoms with Crippen molar-refractivity contribution in [2.24, 2.45) is 16.7 Å². The summed E-state index contributed by atoms with van der Waals surface area (Å²) >= 11 is 6.24. The van der Waals surface area contributed by atoms with E-state index in [1.165, 1.54) is 4.68 Å².